The molecule has 1 aliphatic rings. The number of amides is 1. The second-order valence-electron chi connectivity index (χ2n) is 6.03. The number of rotatable bonds is 5. The summed E-state index contributed by atoms with van der Waals surface area (Å²) in [5.74, 6) is -2.10. The fourth-order valence-corrected chi connectivity index (χ4v) is 2.40. The van der Waals surface area contributed by atoms with Crippen molar-refractivity contribution in [1.82, 2.24) is 0 Å². The van der Waals surface area contributed by atoms with Crippen LogP contribution in [0.1, 0.15) is 11.1 Å². The van der Waals surface area contributed by atoms with Crippen molar-refractivity contribution in [2.45, 2.75) is 13.2 Å². The van der Waals surface area contributed by atoms with Crippen molar-refractivity contribution in [2.24, 2.45) is 0 Å². The Kier molecular flexibility index (Phi) is 5.45. The summed E-state index contributed by atoms with van der Waals surface area (Å²) in [6.07, 6.45) is -2.42. The maximum absolute atomic E-state index is 13.0. The normalized spacial score (nSPS) is 14.1. The van der Waals surface area contributed by atoms with Gasteiger partial charge in [-0.3, -0.25) is 4.79 Å². The fraction of sp³-hybridized carbons (Fsp3) is 0.150. The van der Waals surface area contributed by atoms with Gasteiger partial charge in [0.15, 0.2) is 18.1 Å². The first-order valence-corrected chi connectivity index (χ1v) is 8.31. The lowest BCUT2D eigenvalue weighted by Gasteiger charge is -2.07. The topological polar surface area (TPSA) is 97.7 Å². The molecule has 2 aromatic rings. The van der Waals surface area contributed by atoms with Crippen LogP contribution in [0.15, 0.2) is 48.0 Å². The highest BCUT2D eigenvalue weighted by molar-refractivity contribution is 6.00. The van der Waals surface area contributed by atoms with Crippen molar-refractivity contribution in [1.29, 1.82) is 5.26 Å². The molecular formula is C20H14F2N2O5. The summed E-state index contributed by atoms with van der Waals surface area (Å²) >= 11 is 0. The summed E-state index contributed by atoms with van der Waals surface area (Å²) in [4.78, 5) is 24.0. The second kappa shape index (κ2) is 7.98. The molecule has 1 N–H and O–H groups in total. The number of hydrogen-bond donors (Lipinski definition) is 1. The van der Waals surface area contributed by atoms with Gasteiger partial charge in [-0.25, -0.2) is 4.79 Å². The standard InChI is InChI=1S/C20H14F2N2O5/c1-12-2-4-13(5-3-12)8-14(10-23)19(26)27-11-18(25)24-15-6-7-16-17(9-15)29-20(21,22)28-16/h2-9H,11H2,1H3,(H,24,25)/b14-8+. The van der Waals surface area contributed by atoms with E-state index in [-0.39, 0.29) is 22.8 Å². The number of esters is 1. The molecule has 1 aliphatic heterocycles. The van der Waals surface area contributed by atoms with Crippen LogP contribution in [0, 0.1) is 18.3 Å². The molecule has 148 valence electrons. The van der Waals surface area contributed by atoms with Crippen LogP contribution >= 0.6 is 0 Å². The van der Waals surface area contributed by atoms with Gasteiger partial charge in [0.1, 0.15) is 11.6 Å². The minimum absolute atomic E-state index is 0.141. The van der Waals surface area contributed by atoms with Crippen molar-refractivity contribution >= 4 is 23.6 Å². The summed E-state index contributed by atoms with van der Waals surface area (Å²) in [6, 6.07) is 12.5. The summed E-state index contributed by atoms with van der Waals surface area (Å²) in [5.41, 5.74) is 1.52. The molecule has 0 spiro atoms. The Morgan fingerprint density at radius 3 is 2.55 bits per heavy atom. The van der Waals surface area contributed by atoms with Gasteiger partial charge in [0, 0.05) is 11.8 Å². The van der Waals surface area contributed by atoms with Crippen LogP contribution in [-0.2, 0) is 14.3 Å². The van der Waals surface area contributed by atoms with Gasteiger partial charge in [-0.05, 0) is 30.7 Å². The highest BCUT2D eigenvalue weighted by atomic mass is 19.3. The fourth-order valence-electron chi connectivity index (χ4n) is 2.40. The molecule has 0 aliphatic carbocycles. The van der Waals surface area contributed by atoms with Crippen LogP contribution in [0.25, 0.3) is 6.08 Å². The zero-order valence-corrected chi connectivity index (χ0v) is 15.1. The molecule has 0 atom stereocenters. The quantitative estimate of drug-likeness (QED) is 0.469. The number of nitrogens with zero attached hydrogens (tertiary/aromatic N) is 1. The number of hydrogen-bond acceptors (Lipinski definition) is 6. The molecule has 0 fully saturated rings. The lowest BCUT2D eigenvalue weighted by atomic mass is 10.1. The highest BCUT2D eigenvalue weighted by Crippen LogP contribution is 2.42. The van der Waals surface area contributed by atoms with E-state index in [4.69, 9.17) is 10.00 Å². The van der Waals surface area contributed by atoms with E-state index in [0.29, 0.717) is 5.56 Å². The lowest BCUT2D eigenvalue weighted by molar-refractivity contribution is -0.286. The van der Waals surface area contributed by atoms with Crippen LogP contribution in [0.2, 0.25) is 0 Å². The number of carbonyl (C=O) groups excluding carboxylic acids is 2. The Hall–Kier alpha value is -3.93. The monoisotopic (exact) mass is 400 g/mol. The molecule has 0 saturated heterocycles. The average Bonchev–Trinajstić information content (AvgIpc) is 2.98. The van der Waals surface area contributed by atoms with Crippen molar-refractivity contribution in [3.63, 3.8) is 0 Å². The number of nitrogens with one attached hydrogen (secondary N) is 1. The van der Waals surface area contributed by atoms with Crippen molar-refractivity contribution in [3.8, 4) is 17.6 Å². The van der Waals surface area contributed by atoms with Gasteiger partial charge in [0.05, 0.1) is 0 Å². The van der Waals surface area contributed by atoms with Gasteiger partial charge >= 0.3 is 12.3 Å². The third-order valence-corrected chi connectivity index (χ3v) is 3.75. The molecule has 29 heavy (non-hydrogen) atoms. The van der Waals surface area contributed by atoms with Crippen molar-refractivity contribution in [2.75, 3.05) is 11.9 Å². The largest absolute Gasteiger partial charge is 0.586 e. The van der Waals surface area contributed by atoms with Gasteiger partial charge in [-0.15, -0.1) is 8.78 Å². The molecular weight excluding hydrogens is 386 g/mol. The van der Waals surface area contributed by atoms with Crippen molar-refractivity contribution in [3.05, 3.63) is 59.2 Å². The van der Waals surface area contributed by atoms with Crippen LogP contribution < -0.4 is 14.8 Å². The van der Waals surface area contributed by atoms with Gasteiger partial charge in [-0.2, -0.15) is 5.26 Å². The minimum Gasteiger partial charge on any atom is -0.451 e. The van der Waals surface area contributed by atoms with E-state index >= 15 is 0 Å². The lowest BCUT2D eigenvalue weighted by Crippen LogP contribution is -2.25. The first-order chi connectivity index (χ1) is 13.8. The van der Waals surface area contributed by atoms with E-state index < -0.39 is 24.8 Å². The zero-order valence-electron chi connectivity index (χ0n) is 15.1. The number of halogens is 2. The molecule has 0 bridgehead atoms. The highest BCUT2D eigenvalue weighted by Gasteiger charge is 2.43. The smallest absolute Gasteiger partial charge is 0.451 e. The third-order valence-electron chi connectivity index (χ3n) is 3.75. The number of aryl methyl sites for hydroxylation is 1. The van der Waals surface area contributed by atoms with Crippen LogP contribution in [0.3, 0.4) is 0 Å². The average molecular weight is 400 g/mol. The van der Waals surface area contributed by atoms with Gasteiger partial charge in [-0.1, -0.05) is 29.8 Å². The van der Waals surface area contributed by atoms with E-state index in [1.807, 2.05) is 19.1 Å². The Balaban J connectivity index is 1.57. The SMILES string of the molecule is Cc1ccc(/C=C(\C#N)C(=O)OCC(=O)Nc2ccc3c(c2)OC(F)(F)O3)cc1. The number of carbonyl (C=O) groups is 2. The predicted octanol–water partition coefficient (Wildman–Crippen LogP) is 3.41. The van der Waals surface area contributed by atoms with Crippen LogP contribution in [0.5, 0.6) is 11.5 Å². The number of benzene rings is 2. The zero-order chi connectivity index (χ0) is 21.0. The van der Waals surface area contributed by atoms with Gasteiger partial charge in [0.25, 0.3) is 5.91 Å². The summed E-state index contributed by atoms with van der Waals surface area (Å²) < 4.78 is 39.4. The third kappa shape index (κ3) is 5.07. The van der Waals surface area contributed by atoms with Gasteiger partial charge in [0.2, 0.25) is 0 Å². The van der Waals surface area contributed by atoms with E-state index in [9.17, 15) is 18.4 Å². The predicted molar refractivity (Wildman–Crippen MR) is 97.0 cm³/mol. The Bertz CT molecular complexity index is 1030. The van der Waals surface area contributed by atoms with Crippen LogP contribution in [0.4, 0.5) is 14.5 Å². The molecule has 7 nitrogen and oxygen atoms in total. The molecule has 0 unspecified atom stereocenters. The molecule has 0 saturated carbocycles. The molecule has 3 rings (SSSR count). The molecule has 0 radical (unpaired) electrons. The maximum atomic E-state index is 13.0. The minimum atomic E-state index is -3.77. The van der Waals surface area contributed by atoms with Crippen LogP contribution in [-0.4, -0.2) is 24.8 Å². The Labute approximate surface area is 164 Å². The number of alkyl halides is 2. The molecule has 2 aromatic carbocycles. The number of anilines is 1. The second-order valence-corrected chi connectivity index (χ2v) is 6.03. The number of fused-ring (bicyclic) bond motifs is 1. The molecule has 0 aromatic heterocycles. The maximum Gasteiger partial charge on any atom is 0.586 e. The molecule has 1 amide bonds. The Morgan fingerprint density at radius 2 is 1.86 bits per heavy atom. The summed E-state index contributed by atoms with van der Waals surface area (Å²) in [6.45, 7) is 1.23. The Morgan fingerprint density at radius 1 is 1.17 bits per heavy atom. The first-order valence-electron chi connectivity index (χ1n) is 8.31. The number of ether oxygens (including phenoxy) is 3. The van der Waals surface area contributed by atoms with Gasteiger partial charge < -0.3 is 19.5 Å². The van der Waals surface area contributed by atoms with E-state index in [2.05, 4.69) is 14.8 Å². The summed E-state index contributed by atoms with van der Waals surface area (Å²) in [7, 11) is 0. The molecule has 1 heterocycles. The van der Waals surface area contributed by atoms with Crippen molar-refractivity contribution < 1.29 is 32.6 Å². The van der Waals surface area contributed by atoms with E-state index in [1.54, 1.807) is 18.2 Å². The summed E-state index contributed by atoms with van der Waals surface area (Å²) in [5, 5.41) is 11.5. The molecule has 9 heteroatoms. The first kappa shape index (κ1) is 19.8. The van der Waals surface area contributed by atoms with E-state index in [1.165, 1.54) is 18.2 Å². The van der Waals surface area contributed by atoms with E-state index in [0.717, 1.165) is 11.6 Å². The number of nitriles is 1.